The summed E-state index contributed by atoms with van der Waals surface area (Å²) in [5.41, 5.74) is 7.55. The van der Waals surface area contributed by atoms with Crippen LogP contribution in [0.25, 0.3) is 0 Å². The minimum Gasteiger partial charge on any atom is -0.496 e. The molecule has 1 aromatic carbocycles. The van der Waals surface area contributed by atoms with Gasteiger partial charge < -0.3 is 15.4 Å². The first-order valence-corrected chi connectivity index (χ1v) is 8.26. The molecule has 1 aliphatic carbocycles. The number of hydrogen-bond acceptors (Lipinski definition) is 2. The Hall–Kier alpha value is -1.71. The molecule has 120 valence electrons. The number of methoxy groups -OCH3 is 1. The summed E-state index contributed by atoms with van der Waals surface area (Å²) < 4.78 is 5.50. The molecule has 1 saturated heterocycles. The molecule has 1 saturated carbocycles. The minimum absolute atomic E-state index is 0.0559. The van der Waals surface area contributed by atoms with Crippen molar-refractivity contribution < 1.29 is 4.74 Å². The highest BCUT2D eigenvalue weighted by atomic mass is 16.5. The maximum absolute atomic E-state index is 6.25. The summed E-state index contributed by atoms with van der Waals surface area (Å²) in [5.74, 6) is 2.48. The van der Waals surface area contributed by atoms with E-state index >= 15 is 0 Å². The fourth-order valence-electron chi connectivity index (χ4n) is 3.42. The first-order chi connectivity index (χ1) is 10.5. The SMILES string of the molecule is COc1ccccc1C1(C)CC1N=C(N)N1CCC(C)CC1. The highest BCUT2D eigenvalue weighted by Crippen LogP contribution is 2.53. The molecule has 0 aromatic heterocycles. The standard InChI is InChI=1S/C18H27N3O/c1-13-8-10-21(11-9-13)17(19)20-16-12-18(16,2)14-6-4-5-7-15(14)22-3/h4-7,13,16H,8-12H2,1-3H3,(H2,19,20). The van der Waals surface area contributed by atoms with Crippen molar-refractivity contribution in [1.29, 1.82) is 0 Å². The summed E-state index contributed by atoms with van der Waals surface area (Å²) in [5, 5.41) is 0. The first kappa shape index (κ1) is 15.2. The van der Waals surface area contributed by atoms with Crippen LogP contribution in [0.3, 0.4) is 0 Å². The molecule has 1 aromatic rings. The zero-order valence-corrected chi connectivity index (χ0v) is 13.9. The largest absolute Gasteiger partial charge is 0.496 e. The molecule has 1 heterocycles. The van der Waals surface area contributed by atoms with Gasteiger partial charge in [0.1, 0.15) is 5.75 Å². The van der Waals surface area contributed by atoms with E-state index in [1.807, 2.05) is 12.1 Å². The molecule has 2 N–H and O–H groups in total. The van der Waals surface area contributed by atoms with Crippen LogP contribution >= 0.6 is 0 Å². The van der Waals surface area contributed by atoms with Crippen molar-refractivity contribution >= 4 is 5.96 Å². The fourth-order valence-corrected chi connectivity index (χ4v) is 3.42. The van der Waals surface area contributed by atoms with Gasteiger partial charge in [-0.05, 0) is 31.2 Å². The van der Waals surface area contributed by atoms with Crippen molar-refractivity contribution in [2.45, 2.75) is 44.6 Å². The number of ether oxygens (including phenoxy) is 1. The van der Waals surface area contributed by atoms with Crippen LogP contribution in [0.15, 0.2) is 29.3 Å². The summed E-state index contributed by atoms with van der Waals surface area (Å²) in [7, 11) is 1.73. The van der Waals surface area contributed by atoms with Crippen molar-refractivity contribution in [2.75, 3.05) is 20.2 Å². The van der Waals surface area contributed by atoms with Crippen LogP contribution in [0, 0.1) is 5.92 Å². The number of nitrogens with two attached hydrogens (primary N) is 1. The smallest absolute Gasteiger partial charge is 0.191 e. The average Bonchev–Trinajstić information content (AvgIpc) is 3.19. The molecule has 2 atom stereocenters. The van der Waals surface area contributed by atoms with E-state index in [-0.39, 0.29) is 11.5 Å². The second-order valence-corrected chi connectivity index (χ2v) is 6.99. The second-order valence-electron chi connectivity index (χ2n) is 6.99. The second kappa shape index (κ2) is 5.82. The van der Waals surface area contributed by atoms with E-state index in [0.717, 1.165) is 37.1 Å². The third kappa shape index (κ3) is 2.79. The van der Waals surface area contributed by atoms with Gasteiger partial charge in [0.2, 0.25) is 0 Å². The normalized spacial score (nSPS) is 29.5. The van der Waals surface area contributed by atoms with Gasteiger partial charge in [0.05, 0.1) is 13.2 Å². The zero-order chi connectivity index (χ0) is 15.7. The van der Waals surface area contributed by atoms with Crippen LogP contribution in [-0.2, 0) is 5.41 Å². The van der Waals surface area contributed by atoms with Gasteiger partial charge in [-0.2, -0.15) is 0 Å². The molecule has 0 radical (unpaired) electrons. The molecule has 2 fully saturated rings. The van der Waals surface area contributed by atoms with E-state index in [9.17, 15) is 0 Å². The number of benzene rings is 1. The molecule has 4 nitrogen and oxygen atoms in total. The van der Waals surface area contributed by atoms with Crippen LogP contribution in [0.1, 0.15) is 38.7 Å². The number of hydrogen-bond donors (Lipinski definition) is 1. The van der Waals surface area contributed by atoms with Crippen molar-refractivity contribution in [3.8, 4) is 5.75 Å². The number of rotatable bonds is 3. The quantitative estimate of drug-likeness (QED) is 0.690. The van der Waals surface area contributed by atoms with Gasteiger partial charge in [0.15, 0.2) is 5.96 Å². The molecule has 4 heteroatoms. The van der Waals surface area contributed by atoms with Crippen LogP contribution in [0.2, 0.25) is 0 Å². The number of piperidine rings is 1. The van der Waals surface area contributed by atoms with Gasteiger partial charge in [-0.25, -0.2) is 4.99 Å². The number of likely N-dealkylation sites (tertiary alicyclic amines) is 1. The van der Waals surface area contributed by atoms with E-state index in [1.54, 1.807) is 7.11 Å². The molecule has 0 amide bonds. The van der Waals surface area contributed by atoms with Gasteiger partial charge in [-0.3, -0.25) is 0 Å². The predicted molar refractivity (Wildman–Crippen MR) is 90.3 cm³/mol. The van der Waals surface area contributed by atoms with E-state index in [4.69, 9.17) is 15.5 Å². The number of aliphatic imine (C=N–C) groups is 1. The number of guanidine groups is 1. The van der Waals surface area contributed by atoms with Gasteiger partial charge >= 0.3 is 0 Å². The van der Waals surface area contributed by atoms with E-state index < -0.39 is 0 Å². The van der Waals surface area contributed by atoms with Crippen molar-refractivity contribution in [3.63, 3.8) is 0 Å². The predicted octanol–water partition coefficient (Wildman–Crippen LogP) is 2.77. The maximum atomic E-state index is 6.25. The highest BCUT2D eigenvalue weighted by Gasteiger charge is 2.53. The maximum Gasteiger partial charge on any atom is 0.191 e. The molecule has 2 aliphatic rings. The van der Waals surface area contributed by atoms with Gasteiger partial charge in [-0.1, -0.05) is 32.0 Å². The molecule has 1 aliphatic heterocycles. The number of para-hydroxylation sites is 1. The lowest BCUT2D eigenvalue weighted by Gasteiger charge is -2.31. The Balaban J connectivity index is 1.71. The number of nitrogens with zero attached hydrogens (tertiary/aromatic N) is 2. The Kier molecular flexibility index (Phi) is 4.02. The fraction of sp³-hybridized carbons (Fsp3) is 0.611. The Morgan fingerprint density at radius 3 is 2.68 bits per heavy atom. The molecule has 2 unspecified atom stereocenters. The summed E-state index contributed by atoms with van der Waals surface area (Å²) in [6.07, 6.45) is 3.47. The van der Waals surface area contributed by atoms with Crippen LogP contribution < -0.4 is 10.5 Å². The van der Waals surface area contributed by atoms with Crippen molar-refractivity contribution in [1.82, 2.24) is 4.90 Å². The lowest BCUT2D eigenvalue weighted by atomic mass is 9.96. The molecular formula is C18H27N3O. The molecular weight excluding hydrogens is 274 g/mol. The molecule has 22 heavy (non-hydrogen) atoms. The van der Waals surface area contributed by atoms with E-state index in [2.05, 4.69) is 30.9 Å². The van der Waals surface area contributed by atoms with Gasteiger partial charge in [0, 0.05) is 24.1 Å². The van der Waals surface area contributed by atoms with Crippen LogP contribution in [0.5, 0.6) is 5.75 Å². The molecule has 0 bridgehead atoms. The topological polar surface area (TPSA) is 50.9 Å². The molecule has 3 rings (SSSR count). The lowest BCUT2D eigenvalue weighted by molar-refractivity contribution is 0.277. The summed E-state index contributed by atoms with van der Waals surface area (Å²) in [4.78, 5) is 7.04. The third-order valence-corrected chi connectivity index (χ3v) is 5.31. The van der Waals surface area contributed by atoms with Crippen molar-refractivity contribution in [2.24, 2.45) is 16.6 Å². The van der Waals surface area contributed by atoms with Crippen molar-refractivity contribution in [3.05, 3.63) is 29.8 Å². The third-order valence-electron chi connectivity index (χ3n) is 5.31. The van der Waals surface area contributed by atoms with Gasteiger partial charge in [-0.15, -0.1) is 0 Å². The van der Waals surface area contributed by atoms with Gasteiger partial charge in [0.25, 0.3) is 0 Å². The van der Waals surface area contributed by atoms with Crippen LogP contribution in [-0.4, -0.2) is 37.1 Å². The van der Waals surface area contributed by atoms with E-state index in [1.165, 1.54) is 18.4 Å². The lowest BCUT2D eigenvalue weighted by Crippen LogP contribution is -2.42. The first-order valence-electron chi connectivity index (χ1n) is 8.26. The summed E-state index contributed by atoms with van der Waals surface area (Å²) in [6.45, 7) is 6.64. The Morgan fingerprint density at radius 1 is 1.32 bits per heavy atom. The average molecular weight is 301 g/mol. The minimum atomic E-state index is 0.0559. The summed E-state index contributed by atoms with van der Waals surface area (Å²) in [6, 6.07) is 8.51. The Labute approximate surface area is 133 Å². The zero-order valence-electron chi connectivity index (χ0n) is 13.9. The summed E-state index contributed by atoms with van der Waals surface area (Å²) >= 11 is 0. The van der Waals surface area contributed by atoms with E-state index in [0.29, 0.717) is 0 Å². The Bertz CT molecular complexity index is 563. The van der Waals surface area contributed by atoms with Crippen LogP contribution in [0.4, 0.5) is 0 Å². The highest BCUT2D eigenvalue weighted by molar-refractivity contribution is 5.79. The molecule has 0 spiro atoms. The Morgan fingerprint density at radius 2 is 2.00 bits per heavy atom. The monoisotopic (exact) mass is 301 g/mol.